The first kappa shape index (κ1) is 28.9. The number of nitrogens with zero attached hydrogens (tertiary/aromatic N) is 4. The SMILES string of the molecule is CC.CCCc1nnc(SC(c2ccc(CO)cc2)C(CC)CCC)n1-c1ccc(N(C)C)cc1. The molecule has 0 saturated heterocycles. The van der Waals surface area contributed by atoms with Gasteiger partial charge in [0.15, 0.2) is 5.16 Å². The number of aliphatic hydroxyl groups excluding tert-OH is 1. The third-order valence-corrected chi connectivity index (χ3v) is 7.52. The van der Waals surface area contributed by atoms with Gasteiger partial charge in [0, 0.05) is 37.1 Å². The molecule has 1 heterocycles. The van der Waals surface area contributed by atoms with Crippen molar-refractivity contribution >= 4 is 17.4 Å². The largest absolute Gasteiger partial charge is 0.392 e. The number of aryl methyl sites for hydroxylation is 1. The summed E-state index contributed by atoms with van der Waals surface area (Å²) in [7, 11) is 4.12. The fourth-order valence-electron chi connectivity index (χ4n) is 4.22. The Labute approximate surface area is 217 Å². The molecule has 3 aromatic rings. The smallest absolute Gasteiger partial charge is 0.196 e. The van der Waals surface area contributed by atoms with Gasteiger partial charge in [0.1, 0.15) is 5.82 Å². The molecule has 35 heavy (non-hydrogen) atoms. The summed E-state index contributed by atoms with van der Waals surface area (Å²) >= 11 is 1.82. The lowest BCUT2D eigenvalue weighted by molar-refractivity contribution is 0.282. The van der Waals surface area contributed by atoms with Crippen LogP contribution in [0.1, 0.15) is 82.5 Å². The fourth-order valence-corrected chi connectivity index (χ4v) is 5.67. The monoisotopic (exact) mass is 496 g/mol. The van der Waals surface area contributed by atoms with E-state index in [2.05, 4.69) is 90.9 Å². The van der Waals surface area contributed by atoms with Crippen molar-refractivity contribution < 1.29 is 5.11 Å². The Morgan fingerprint density at radius 2 is 1.57 bits per heavy atom. The lowest BCUT2D eigenvalue weighted by Crippen LogP contribution is -2.12. The number of anilines is 1. The summed E-state index contributed by atoms with van der Waals surface area (Å²) < 4.78 is 2.24. The first-order valence-electron chi connectivity index (χ1n) is 13.1. The summed E-state index contributed by atoms with van der Waals surface area (Å²) in [6, 6.07) is 17.0. The highest BCUT2D eigenvalue weighted by atomic mass is 32.2. The third-order valence-electron chi connectivity index (χ3n) is 6.13. The lowest BCUT2D eigenvalue weighted by Gasteiger charge is -2.26. The van der Waals surface area contributed by atoms with E-state index in [0.717, 1.165) is 47.9 Å². The summed E-state index contributed by atoms with van der Waals surface area (Å²) in [5.74, 6) is 1.55. The topological polar surface area (TPSA) is 54.2 Å². The average Bonchev–Trinajstić information content (AvgIpc) is 3.29. The molecule has 0 aliphatic heterocycles. The molecule has 0 spiro atoms. The highest BCUT2D eigenvalue weighted by Gasteiger charge is 2.26. The molecular formula is C29H44N4OS. The normalized spacial score (nSPS) is 12.6. The average molecular weight is 497 g/mol. The molecule has 1 aromatic heterocycles. The van der Waals surface area contributed by atoms with Crippen molar-refractivity contribution in [1.29, 1.82) is 0 Å². The van der Waals surface area contributed by atoms with E-state index in [0.29, 0.717) is 5.92 Å². The molecule has 0 aliphatic carbocycles. The Kier molecular flexibility index (Phi) is 12.4. The maximum atomic E-state index is 9.48. The van der Waals surface area contributed by atoms with Crippen molar-refractivity contribution in [2.75, 3.05) is 19.0 Å². The van der Waals surface area contributed by atoms with E-state index in [-0.39, 0.29) is 11.9 Å². The van der Waals surface area contributed by atoms with Crippen LogP contribution in [0.25, 0.3) is 5.69 Å². The van der Waals surface area contributed by atoms with E-state index in [1.807, 2.05) is 37.7 Å². The Hall–Kier alpha value is -2.31. The minimum absolute atomic E-state index is 0.0713. The van der Waals surface area contributed by atoms with E-state index in [4.69, 9.17) is 0 Å². The van der Waals surface area contributed by atoms with Crippen LogP contribution in [0.5, 0.6) is 0 Å². The van der Waals surface area contributed by atoms with Gasteiger partial charge in [-0.25, -0.2) is 0 Å². The lowest BCUT2D eigenvalue weighted by atomic mass is 9.92. The van der Waals surface area contributed by atoms with Crippen LogP contribution >= 0.6 is 11.8 Å². The number of hydrogen-bond acceptors (Lipinski definition) is 5. The summed E-state index contributed by atoms with van der Waals surface area (Å²) in [4.78, 5) is 2.11. The van der Waals surface area contributed by atoms with Crippen molar-refractivity contribution in [3.05, 3.63) is 65.5 Å². The van der Waals surface area contributed by atoms with Crippen LogP contribution < -0.4 is 4.90 Å². The summed E-state index contributed by atoms with van der Waals surface area (Å²) in [6.07, 6.45) is 5.36. The molecule has 5 nitrogen and oxygen atoms in total. The molecule has 192 valence electrons. The van der Waals surface area contributed by atoms with Crippen molar-refractivity contribution in [2.24, 2.45) is 5.92 Å². The predicted molar refractivity (Wildman–Crippen MR) is 151 cm³/mol. The minimum atomic E-state index is 0.0713. The highest BCUT2D eigenvalue weighted by molar-refractivity contribution is 7.99. The number of aromatic nitrogens is 3. The van der Waals surface area contributed by atoms with E-state index < -0.39 is 0 Å². The second kappa shape index (κ2) is 14.9. The first-order valence-corrected chi connectivity index (χ1v) is 14.0. The van der Waals surface area contributed by atoms with Crippen LogP contribution in [0.3, 0.4) is 0 Å². The second-order valence-electron chi connectivity index (χ2n) is 8.79. The minimum Gasteiger partial charge on any atom is -0.392 e. The number of rotatable bonds is 12. The maximum Gasteiger partial charge on any atom is 0.196 e. The third kappa shape index (κ3) is 7.58. The van der Waals surface area contributed by atoms with Gasteiger partial charge in [-0.2, -0.15) is 0 Å². The molecular weight excluding hydrogens is 452 g/mol. The zero-order valence-corrected chi connectivity index (χ0v) is 23.5. The Bertz CT molecular complexity index is 983. The van der Waals surface area contributed by atoms with Crippen LogP contribution in [0.2, 0.25) is 0 Å². The Morgan fingerprint density at radius 3 is 2.09 bits per heavy atom. The van der Waals surface area contributed by atoms with Gasteiger partial charge in [-0.05, 0) is 54.2 Å². The van der Waals surface area contributed by atoms with Gasteiger partial charge in [-0.15, -0.1) is 10.2 Å². The van der Waals surface area contributed by atoms with Crippen molar-refractivity contribution in [3.8, 4) is 5.69 Å². The van der Waals surface area contributed by atoms with E-state index in [1.165, 1.54) is 17.7 Å². The van der Waals surface area contributed by atoms with Crippen molar-refractivity contribution in [1.82, 2.24) is 14.8 Å². The molecule has 2 unspecified atom stereocenters. The molecule has 0 aliphatic rings. The van der Waals surface area contributed by atoms with Gasteiger partial charge >= 0.3 is 0 Å². The molecule has 2 atom stereocenters. The summed E-state index contributed by atoms with van der Waals surface area (Å²) in [5, 5.41) is 20.0. The molecule has 0 bridgehead atoms. The van der Waals surface area contributed by atoms with E-state index >= 15 is 0 Å². The fraction of sp³-hybridized carbons (Fsp3) is 0.517. The molecule has 0 amide bonds. The molecule has 0 saturated carbocycles. The number of aliphatic hydroxyl groups is 1. The molecule has 0 radical (unpaired) electrons. The van der Waals surface area contributed by atoms with Gasteiger partial charge in [-0.3, -0.25) is 4.57 Å². The van der Waals surface area contributed by atoms with Crippen LogP contribution in [0, 0.1) is 5.92 Å². The van der Waals surface area contributed by atoms with Gasteiger partial charge < -0.3 is 10.0 Å². The zero-order valence-electron chi connectivity index (χ0n) is 22.7. The van der Waals surface area contributed by atoms with Gasteiger partial charge in [-0.1, -0.05) is 83.5 Å². The number of hydrogen-bond donors (Lipinski definition) is 1. The summed E-state index contributed by atoms with van der Waals surface area (Å²) in [6.45, 7) is 10.8. The van der Waals surface area contributed by atoms with Crippen LogP contribution in [0.15, 0.2) is 53.7 Å². The van der Waals surface area contributed by atoms with Crippen LogP contribution in [-0.4, -0.2) is 34.0 Å². The number of benzene rings is 2. The standard InChI is InChI=1S/C27H38N4OS.C2H6/c1-6-9-21(8-3)26(22-13-11-20(19-32)12-14-22)33-27-29-28-25(10-7-2)31(27)24-17-15-23(16-18-24)30(4)5;1-2/h11-18,21,26,32H,6-10,19H2,1-5H3;1-2H3. The van der Waals surface area contributed by atoms with E-state index in [9.17, 15) is 5.11 Å². The van der Waals surface area contributed by atoms with Crippen molar-refractivity contribution in [2.45, 2.75) is 83.7 Å². The molecule has 0 fully saturated rings. The van der Waals surface area contributed by atoms with Gasteiger partial charge in [0.05, 0.1) is 6.61 Å². The molecule has 3 rings (SSSR count). The van der Waals surface area contributed by atoms with Crippen LogP contribution in [0.4, 0.5) is 5.69 Å². The first-order chi connectivity index (χ1) is 17.0. The molecule has 1 N–H and O–H groups in total. The molecule has 2 aromatic carbocycles. The van der Waals surface area contributed by atoms with Crippen LogP contribution in [-0.2, 0) is 13.0 Å². The summed E-state index contributed by atoms with van der Waals surface area (Å²) in [5.41, 5.74) is 4.51. The maximum absolute atomic E-state index is 9.48. The van der Waals surface area contributed by atoms with Crippen molar-refractivity contribution in [3.63, 3.8) is 0 Å². The quantitative estimate of drug-likeness (QED) is 0.264. The number of thioether (sulfide) groups is 1. The second-order valence-corrected chi connectivity index (χ2v) is 9.90. The predicted octanol–water partition coefficient (Wildman–Crippen LogP) is 7.46. The van der Waals surface area contributed by atoms with E-state index in [1.54, 1.807) is 0 Å². The van der Waals surface area contributed by atoms with Gasteiger partial charge in [0.25, 0.3) is 0 Å². The molecule has 6 heteroatoms. The highest BCUT2D eigenvalue weighted by Crippen LogP contribution is 2.44. The zero-order chi connectivity index (χ0) is 25.8. The Morgan fingerprint density at radius 1 is 0.914 bits per heavy atom. The Balaban J connectivity index is 0.00000210. The van der Waals surface area contributed by atoms with Gasteiger partial charge in [0.2, 0.25) is 0 Å².